The van der Waals surface area contributed by atoms with E-state index in [1.807, 2.05) is 12.1 Å². The van der Waals surface area contributed by atoms with Gasteiger partial charge in [-0.25, -0.2) is 0 Å². The molecule has 0 spiro atoms. The molecule has 0 radical (unpaired) electrons. The van der Waals surface area contributed by atoms with Gasteiger partial charge in [-0.1, -0.05) is 25.4 Å². The monoisotopic (exact) mass is 296 g/mol. The first-order valence-electron chi connectivity index (χ1n) is 7.38. The van der Waals surface area contributed by atoms with E-state index in [4.69, 9.17) is 11.6 Å². The summed E-state index contributed by atoms with van der Waals surface area (Å²) in [5.74, 6) is 0. The molecule has 20 heavy (non-hydrogen) atoms. The smallest absolute Gasteiger partial charge is 0.151 e. The van der Waals surface area contributed by atoms with E-state index >= 15 is 0 Å². The van der Waals surface area contributed by atoms with Crippen LogP contribution < -0.4 is 4.90 Å². The van der Waals surface area contributed by atoms with E-state index in [1.54, 1.807) is 6.07 Å². The fourth-order valence-electron chi connectivity index (χ4n) is 2.30. The molecule has 112 valence electrons. The number of carbonyl (C=O) groups excluding carboxylic acids is 1. The third-order valence-electron chi connectivity index (χ3n) is 3.65. The predicted octanol–water partition coefficient (Wildman–Crippen LogP) is 3.71. The molecule has 0 amide bonds. The molecule has 0 bridgehead atoms. The second-order valence-corrected chi connectivity index (χ2v) is 5.19. The normalized spacial score (nSPS) is 10.8. The van der Waals surface area contributed by atoms with Gasteiger partial charge in [-0.3, -0.25) is 4.79 Å². The number of nitrogens with zero attached hydrogens (tertiary/aromatic N) is 2. The lowest BCUT2D eigenvalue weighted by Crippen LogP contribution is -2.30. The second-order valence-electron chi connectivity index (χ2n) is 4.78. The Morgan fingerprint density at radius 3 is 2.30 bits per heavy atom. The van der Waals surface area contributed by atoms with E-state index in [9.17, 15) is 4.79 Å². The molecule has 0 aliphatic rings. The molecule has 1 aromatic rings. The SMILES string of the molecule is CCN(CC)CCCN(CC)c1ccc(C=O)c(Cl)c1. The number of aldehydes is 1. The second kappa shape index (κ2) is 8.98. The number of carbonyl (C=O) groups is 1. The number of halogens is 1. The van der Waals surface area contributed by atoms with Gasteiger partial charge in [-0.15, -0.1) is 0 Å². The summed E-state index contributed by atoms with van der Waals surface area (Å²) >= 11 is 6.09. The summed E-state index contributed by atoms with van der Waals surface area (Å²) in [6, 6.07) is 5.64. The van der Waals surface area contributed by atoms with Crippen molar-refractivity contribution in [3.63, 3.8) is 0 Å². The van der Waals surface area contributed by atoms with Crippen LogP contribution in [0.25, 0.3) is 0 Å². The summed E-state index contributed by atoms with van der Waals surface area (Å²) in [5, 5.41) is 0.527. The maximum atomic E-state index is 10.8. The zero-order valence-corrected chi connectivity index (χ0v) is 13.5. The number of benzene rings is 1. The van der Waals surface area contributed by atoms with Gasteiger partial charge in [-0.2, -0.15) is 0 Å². The topological polar surface area (TPSA) is 23.6 Å². The summed E-state index contributed by atoms with van der Waals surface area (Å²) in [7, 11) is 0. The van der Waals surface area contributed by atoms with Crippen LogP contribution in [0.1, 0.15) is 37.6 Å². The van der Waals surface area contributed by atoms with Crippen molar-refractivity contribution in [2.24, 2.45) is 0 Å². The van der Waals surface area contributed by atoms with Crippen molar-refractivity contribution < 1.29 is 4.79 Å². The molecular formula is C16H25ClN2O. The molecule has 4 heteroatoms. The zero-order valence-electron chi connectivity index (χ0n) is 12.7. The van der Waals surface area contributed by atoms with Gasteiger partial charge in [0, 0.05) is 24.3 Å². The van der Waals surface area contributed by atoms with Crippen LogP contribution in [-0.4, -0.2) is 43.9 Å². The van der Waals surface area contributed by atoms with Crippen LogP contribution in [0.5, 0.6) is 0 Å². The Labute approximate surface area is 127 Å². The van der Waals surface area contributed by atoms with Gasteiger partial charge in [0.25, 0.3) is 0 Å². The number of rotatable bonds is 9. The van der Waals surface area contributed by atoms with Crippen LogP contribution in [0.2, 0.25) is 5.02 Å². The van der Waals surface area contributed by atoms with Crippen molar-refractivity contribution in [1.82, 2.24) is 4.90 Å². The van der Waals surface area contributed by atoms with Crippen LogP contribution in [0.15, 0.2) is 18.2 Å². The van der Waals surface area contributed by atoms with E-state index in [0.717, 1.165) is 51.1 Å². The van der Waals surface area contributed by atoms with Gasteiger partial charge < -0.3 is 9.80 Å². The number of hydrogen-bond acceptors (Lipinski definition) is 3. The number of anilines is 1. The van der Waals surface area contributed by atoms with E-state index in [2.05, 4.69) is 30.6 Å². The summed E-state index contributed by atoms with van der Waals surface area (Å²) in [5.41, 5.74) is 1.64. The lowest BCUT2D eigenvalue weighted by Gasteiger charge is -2.25. The molecule has 0 N–H and O–H groups in total. The van der Waals surface area contributed by atoms with E-state index in [0.29, 0.717) is 10.6 Å². The minimum atomic E-state index is 0.527. The molecule has 0 unspecified atom stereocenters. The standard InChI is InChI=1S/C16H25ClN2O/c1-4-18(5-2)10-7-11-19(6-3)15-9-8-14(13-20)16(17)12-15/h8-9,12-13H,4-7,10-11H2,1-3H3. The van der Waals surface area contributed by atoms with Crippen LogP contribution in [0, 0.1) is 0 Å². The third kappa shape index (κ3) is 4.80. The Morgan fingerprint density at radius 2 is 1.80 bits per heavy atom. The van der Waals surface area contributed by atoms with Gasteiger partial charge in [0.05, 0.1) is 5.02 Å². The van der Waals surface area contributed by atoms with Crippen molar-refractivity contribution in [2.45, 2.75) is 27.2 Å². The number of hydrogen-bond donors (Lipinski definition) is 0. The molecule has 0 atom stereocenters. The van der Waals surface area contributed by atoms with Crippen molar-refractivity contribution in [2.75, 3.05) is 37.6 Å². The summed E-state index contributed by atoms with van der Waals surface area (Å²) in [6.07, 6.45) is 1.92. The van der Waals surface area contributed by atoms with Crippen LogP contribution in [0.3, 0.4) is 0 Å². The largest absolute Gasteiger partial charge is 0.372 e. The van der Waals surface area contributed by atoms with Gasteiger partial charge >= 0.3 is 0 Å². The zero-order chi connectivity index (χ0) is 15.0. The Kier molecular flexibility index (Phi) is 7.63. The first-order valence-corrected chi connectivity index (χ1v) is 7.76. The van der Waals surface area contributed by atoms with Crippen molar-refractivity contribution in [1.29, 1.82) is 0 Å². The van der Waals surface area contributed by atoms with Crippen molar-refractivity contribution >= 4 is 23.6 Å². The molecule has 0 aliphatic heterocycles. The first kappa shape index (κ1) is 17.0. The van der Waals surface area contributed by atoms with E-state index in [1.165, 1.54) is 0 Å². The fraction of sp³-hybridized carbons (Fsp3) is 0.562. The molecule has 0 fully saturated rings. The average Bonchev–Trinajstić information content (AvgIpc) is 2.47. The molecule has 3 nitrogen and oxygen atoms in total. The highest BCUT2D eigenvalue weighted by molar-refractivity contribution is 6.33. The van der Waals surface area contributed by atoms with Crippen molar-refractivity contribution in [3.05, 3.63) is 28.8 Å². The minimum absolute atomic E-state index is 0.527. The highest BCUT2D eigenvalue weighted by Gasteiger charge is 2.08. The van der Waals surface area contributed by atoms with Gasteiger partial charge in [0.1, 0.15) is 0 Å². The Morgan fingerprint density at radius 1 is 1.10 bits per heavy atom. The van der Waals surface area contributed by atoms with Crippen molar-refractivity contribution in [3.8, 4) is 0 Å². The molecule has 0 saturated heterocycles. The van der Waals surface area contributed by atoms with Crippen LogP contribution in [0.4, 0.5) is 5.69 Å². The fourth-order valence-corrected chi connectivity index (χ4v) is 2.52. The Balaban J connectivity index is 2.62. The lowest BCUT2D eigenvalue weighted by atomic mass is 10.2. The third-order valence-corrected chi connectivity index (χ3v) is 3.98. The van der Waals surface area contributed by atoms with Crippen LogP contribution >= 0.6 is 11.6 Å². The highest BCUT2D eigenvalue weighted by atomic mass is 35.5. The summed E-state index contributed by atoms with van der Waals surface area (Å²) in [6.45, 7) is 11.8. The molecule has 0 aromatic heterocycles. The first-order chi connectivity index (χ1) is 9.65. The maximum absolute atomic E-state index is 10.8. The van der Waals surface area contributed by atoms with Gasteiger partial charge in [0.15, 0.2) is 6.29 Å². The molecule has 0 heterocycles. The molecule has 0 saturated carbocycles. The van der Waals surface area contributed by atoms with E-state index < -0.39 is 0 Å². The molecule has 1 rings (SSSR count). The van der Waals surface area contributed by atoms with Gasteiger partial charge in [0.2, 0.25) is 0 Å². The van der Waals surface area contributed by atoms with E-state index in [-0.39, 0.29) is 0 Å². The molecule has 0 aliphatic carbocycles. The van der Waals surface area contributed by atoms with Gasteiger partial charge in [-0.05, 0) is 51.2 Å². The quantitative estimate of drug-likeness (QED) is 0.649. The Bertz CT molecular complexity index is 419. The molecule has 1 aromatic carbocycles. The van der Waals surface area contributed by atoms with Crippen LogP contribution in [-0.2, 0) is 0 Å². The average molecular weight is 297 g/mol. The summed E-state index contributed by atoms with van der Waals surface area (Å²) in [4.78, 5) is 15.5. The highest BCUT2D eigenvalue weighted by Crippen LogP contribution is 2.22. The summed E-state index contributed by atoms with van der Waals surface area (Å²) < 4.78 is 0. The minimum Gasteiger partial charge on any atom is -0.372 e. The maximum Gasteiger partial charge on any atom is 0.151 e. The predicted molar refractivity (Wildman–Crippen MR) is 87.1 cm³/mol. The lowest BCUT2D eigenvalue weighted by molar-refractivity contribution is 0.112. The Hall–Kier alpha value is -1.06. The molecular weight excluding hydrogens is 272 g/mol.